The molecule has 1 aliphatic rings. The molecule has 4 nitrogen and oxygen atoms in total. The van der Waals surface area contributed by atoms with E-state index in [1.807, 2.05) is 24.8 Å². The summed E-state index contributed by atoms with van der Waals surface area (Å²) in [7, 11) is 0. The molecule has 112 valence electrons. The molecule has 2 N–H and O–H groups in total. The molecule has 1 saturated heterocycles. The zero-order valence-electron chi connectivity index (χ0n) is 12.2. The predicted molar refractivity (Wildman–Crippen MR) is 82.0 cm³/mol. The van der Waals surface area contributed by atoms with Crippen LogP contribution in [-0.4, -0.2) is 41.3 Å². The van der Waals surface area contributed by atoms with E-state index in [2.05, 4.69) is 16.8 Å². The van der Waals surface area contributed by atoms with Crippen LogP contribution in [0.15, 0.2) is 17.5 Å². The van der Waals surface area contributed by atoms with Gasteiger partial charge in [-0.25, -0.2) is 4.79 Å². The first-order valence-corrected chi connectivity index (χ1v) is 8.20. The lowest BCUT2D eigenvalue weighted by molar-refractivity contribution is 0.0734. The van der Waals surface area contributed by atoms with Crippen molar-refractivity contribution in [3.63, 3.8) is 0 Å². The van der Waals surface area contributed by atoms with Crippen molar-refractivity contribution in [3.8, 4) is 0 Å². The van der Waals surface area contributed by atoms with E-state index in [4.69, 9.17) is 0 Å². The molecule has 0 bridgehead atoms. The second-order valence-electron chi connectivity index (χ2n) is 5.72. The van der Waals surface area contributed by atoms with Crippen LogP contribution >= 0.6 is 11.3 Å². The van der Waals surface area contributed by atoms with Crippen LogP contribution in [0.5, 0.6) is 0 Å². The number of amides is 2. The Morgan fingerprint density at radius 2 is 2.40 bits per heavy atom. The molecule has 3 unspecified atom stereocenters. The molecule has 5 heteroatoms. The van der Waals surface area contributed by atoms with Gasteiger partial charge in [0.05, 0.1) is 6.10 Å². The van der Waals surface area contributed by atoms with Crippen molar-refractivity contribution < 1.29 is 9.90 Å². The van der Waals surface area contributed by atoms with Gasteiger partial charge in [-0.2, -0.15) is 0 Å². The van der Waals surface area contributed by atoms with Crippen molar-refractivity contribution in [2.45, 2.75) is 45.3 Å². The molecule has 0 aromatic carbocycles. The molecule has 20 heavy (non-hydrogen) atoms. The molecule has 3 atom stereocenters. The summed E-state index contributed by atoms with van der Waals surface area (Å²) < 4.78 is 0. The molecule has 1 aromatic rings. The molecule has 0 aliphatic carbocycles. The van der Waals surface area contributed by atoms with Crippen molar-refractivity contribution in [3.05, 3.63) is 22.4 Å². The van der Waals surface area contributed by atoms with Gasteiger partial charge in [0.25, 0.3) is 0 Å². The summed E-state index contributed by atoms with van der Waals surface area (Å²) in [5.74, 6) is 0.210. The molecule has 0 spiro atoms. The number of likely N-dealkylation sites (tertiary alicyclic amines) is 1. The van der Waals surface area contributed by atoms with Crippen LogP contribution in [0.1, 0.15) is 31.6 Å². The number of hydrogen-bond acceptors (Lipinski definition) is 3. The summed E-state index contributed by atoms with van der Waals surface area (Å²) >= 11 is 1.72. The number of nitrogens with zero attached hydrogens (tertiary/aromatic N) is 1. The molecule has 0 saturated carbocycles. The number of urea groups is 1. The van der Waals surface area contributed by atoms with Gasteiger partial charge in [-0.3, -0.25) is 0 Å². The van der Waals surface area contributed by atoms with E-state index in [0.29, 0.717) is 6.54 Å². The second kappa shape index (κ2) is 7.09. The first-order valence-electron chi connectivity index (χ1n) is 7.32. The van der Waals surface area contributed by atoms with Gasteiger partial charge in [-0.05, 0) is 38.1 Å². The third-order valence-corrected chi connectivity index (χ3v) is 4.78. The summed E-state index contributed by atoms with van der Waals surface area (Å²) in [4.78, 5) is 15.4. The maximum absolute atomic E-state index is 12.2. The number of carbonyl (C=O) groups excluding carboxylic acids is 1. The lowest BCUT2D eigenvalue weighted by Crippen LogP contribution is -2.49. The van der Waals surface area contributed by atoms with Crippen LogP contribution < -0.4 is 5.32 Å². The maximum Gasteiger partial charge on any atom is 0.317 e. The molecule has 2 amide bonds. The highest BCUT2D eigenvalue weighted by Gasteiger charge is 2.26. The Bertz CT molecular complexity index is 420. The fourth-order valence-electron chi connectivity index (χ4n) is 2.67. The van der Waals surface area contributed by atoms with Crippen LogP contribution in [0.25, 0.3) is 0 Å². The van der Waals surface area contributed by atoms with Crippen molar-refractivity contribution >= 4 is 17.4 Å². The first-order chi connectivity index (χ1) is 9.56. The van der Waals surface area contributed by atoms with E-state index in [1.165, 1.54) is 4.88 Å². The Morgan fingerprint density at radius 3 is 3.05 bits per heavy atom. The molecular weight excluding hydrogens is 272 g/mol. The van der Waals surface area contributed by atoms with Crippen LogP contribution in [-0.2, 0) is 6.42 Å². The highest BCUT2D eigenvalue weighted by molar-refractivity contribution is 7.09. The lowest BCUT2D eigenvalue weighted by atomic mass is 9.94. The van der Waals surface area contributed by atoms with Crippen LogP contribution in [0, 0.1) is 5.92 Å². The summed E-state index contributed by atoms with van der Waals surface area (Å²) in [6.45, 7) is 5.30. The average Bonchev–Trinajstić information content (AvgIpc) is 2.91. The number of hydrogen-bond donors (Lipinski definition) is 2. The average molecular weight is 296 g/mol. The summed E-state index contributed by atoms with van der Waals surface area (Å²) in [5, 5.41) is 14.8. The SMILES string of the molecule is CC(Cc1cccs1)NC(=O)N1CCCC(C(C)O)C1. The fourth-order valence-corrected chi connectivity index (χ4v) is 3.51. The van der Waals surface area contributed by atoms with Gasteiger partial charge < -0.3 is 15.3 Å². The lowest BCUT2D eigenvalue weighted by Gasteiger charge is -2.34. The Kier molecular flexibility index (Phi) is 5.43. The monoisotopic (exact) mass is 296 g/mol. The van der Waals surface area contributed by atoms with Gasteiger partial charge in [0.15, 0.2) is 0 Å². The van der Waals surface area contributed by atoms with Gasteiger partial charge in [0.1, 0.15) is 0 Å². The van der Waals surface area contributed by atoms with Crippen molar-refractivity contribution in [2.24, 2.45) is 5.92 Å². The standard InChI is InChI=1S/C15H24N2O2S/c1-11(9-14-6-4-8-20-14)16-15(19)17-7-3-5-13(10-17)12(2)18/h4,6,8,11-13,18H,3,5,7,9-10H2,1-2H3,(H,16,19). The van der Waals surface area contributed by atoms with Crippen molar-refractivity contribution in [1.82, 2.24) is 10.2 Å². The predicted octanol–water partition coefficient (Wildman–Crippen LogP) is 2.48. The summed E-state index contributed by atoms with van der Waals surface area (Å²) in [6.07, 6.45) is 2.51. The number of piperidine rings is 1. The maximum atomic E-state index is 12.2. The zero-order chi connectivity index (χ0) is 14.5. The fraction of sp³-hybridized carbons (Fsp3) is 0.667. The topological polar surface area (TPSA) is 52.6 Å². The van der Waals surface area contributed by atoms with Gasteiger partial charge >= 0.3 is 6.03 Å². The number of nitrogens with one attached hydrogen (secondary N) is 1. The van der Waals surface area contributed by atoms with Crippen molar-refractivity contribution in [1.29, 1.82) is 0 Å². The van der Waals surface area contributed by atoms with Gasteiger partial charge in [-0.1, -0.05) is 6.07 Å². The van der Waals surface area contributed by atoms with Gasteiger partial charge in [0, 0.05) is 36.3 Å². The first kappa shape index (κ1) is 15.3. The summed E-state index contributed by atoms with van der Waals surface area (Å²) in [6, 6.07) is 4.26. The highest BCUT2D eigenvalue weighted by atomic mass is 32.1. The Balaban J connectivity index is 1.81. The zero-order valence-corrected chi connectivity index (χ0v) is 13.0. The molecule has 1 aromatic heterocycles. The largest absolute Gasteiger partial charge is 0.393 e. The third-order valence-electron chi connectivity index (χ3n) is 3.88. The van der Waals surface area contributed by atoms with E-state index in [1.54, 1.807) is 11.3 Å². The van der Waals surface area contributed by atoms with Crippen LogP contribution in [0.3, 0.4) is 0 Å². The molecule has 1 fully saturated rings. The Morgan fingerprint density at radius 1 is 1.60 bits per heavy atom. The molecule has 0 radical (unpaired) electrons. The number of rotatable bonds is 4. The van der Waals surface area contributed by atoms with Crippen molar-refractivity contribution in [2.75, 3.05) is 13.1 Å². The van der Waals surface area contributed by atoms with E-state index < -0.39 is 0 Å². The van der Waals surface area contributed by atoms with E-state index in [0.717, 1.165) is 25.8 Å². The van der Waals surface area contributed by atoms with Gasteiger partial charge in [0.2, 0.25) is 0 Å². The normalized spacial score (nSPS) is 22.4. The van der Waals surface area contributed by atoms with Crippen LogP contribution in [0.2, 0.25) is 0 Å². The minimum absolute atomic E-state index is 0.000550. The minimum Gasteiger partial charge on any atom is -0.393 e. The van der Waals surface area contributed by atoms with Crippen LogP contribution in [0.4, 0.5) is 4.79 Å². The van der Waals surface area contributed by atoms with E-state index in [9.17, 15) is 9.90 Å². The summed E-state index contributed by atoms with van der Waals surface area (Å²) in [5.41, 5.74) is 0. The number of carbonyl (C=O) groups is 1. The number of aliphatic hydroxyl groups is 1. The van der Waals surface area contributed by atoms with E-state index >= 15 is 0 Å². The molecule has 1 aliphatic heterocycles. The Hall–Kier alpha value is -1.07. The molecule has 2 heterocycles. The number of thiophene rings is 1. The van der Waals surface area contributed by atoms with Gasteiger partial charge in [-0.15, -0.1) is 11.3 Å². The molecular formula is C15H24N2O2S. The smallest absolute Gasteiger partial charge is 0.317 e. The third kappa shape index (κ3) is 4.21. The molecule has 2 rings (SSSR count). The minimum atomic E-state index is -0.339. The number of aliphatic hydroxyl groups excluding tert-OH is 1. The van der Waals surface area contributed by atoms with E-state index in [-0.39, 0.29) is 24.1 Å². The highest BCUT2D eigenvalue weighted by Crippen LogP contribution is 2.20. The quantitative estimate of drug-likeness (QED) is 0.897. The Labute approximate surface area is 124 Å². The second-order valence-corrected chi connectivity index (χ2v) is 6.76.